The van der Waals surface area contributed by atoms with Gasteiger partial charge >= 0.3 is 0 Å². The molecule has 0 fully saturated rings. The predicted octanol–water partition coefficient (Wildman–Crippen LogP) is 3.89. The quantitative estimate of drug-likeness (QED) is 0.493. The number of nitrogens with zero attached hydrogens (tertiary/aromatic N) is 2. The molecule has 2 heteroatoms. The van der Waals surface area contributed by atoms with Gasteiger partial charge in [-0.05, 0) is 32.6 Å². The van der Waals surface area contributed by atoms with E-state index in [0.29, 0.717) is 0 Å². The molecular weight excluding hydrogens is 220 g/mol. The fourth-order valence-electron chi connectivity index (χ4n) is 2.90. The molecule has 1 aliphatic heterocycles. The van der Waals surface area contributed by atoms with E-state index in [-0.39, 0.29) is 0 Å². The van der Waals surface area contributed by atoms with Crippen LogP contribution in [-0.2, 0) is 0 Å². The smallest absolute Gasteiger partial charge is 0.246 e. The lowest BCUT2D eigenvalue weighted by molar-refractivity contribution is -0.505. The summed E-state index contributed by atoms with van der Waals surface area (Å²) in [6, 6.07) is 0. The molecule has 0 aromatic rings. The SMILES string of the molecule is CCCCCCC/C1=[N+](\C)CCCCCN1CC. The van der Waals surface area contributed by atoms with Crippen molar-refractivity contribution in [2.75, 3.05) is 26.7 Å². The summed E-state index contributed by atoms with van der Waals surface area (Å²) in [7, 11) is 2.29. The minimum absolute atomic E-state index is 1.18. The fraction of sp³-hybridized carbons (Fsp3) is 0.938. The molecule has 0 saturated heterocycles. The molecule has 2 nitrogen and oxygen atoms in total. The molecule has 1 aliphatic rings. The largest absolute Gasteiger partial charge is 0.268 e. The van der Waals surface area contributed by atoms with Crippen LogP contribution in [0.25, 0.3) is 0 Å². The van der Waals surface area contributed by atoms with E-state index in [1.54, 1.807) is 5.84 Å². The van der Waals surface area contributed by atoms with Gasteiger partial charge in [0.2, 0.25) is 5.84 Å². The lowest BCUT2D eigenvalue weighted by Crippen LogP contribution is -2.39. The topological polar surface area (TPSA) is 6.25 Å². The molecule has 0 atom stereocenters. The molecule has 0 amide bonds. The van der Waals surface area contributed by atoms with E-state index in [1.807, 2.05) is 0 Å². The van der Waals surface area contributed by atoms with Crippen LogP contribution in [0.1, 0.15) is 71.6 Å². The van der Waals surface area contributed by atoms with Gasteiger partial charge in [0.1, 0.15) is 0 Å². The number of hydrogen-bond acceptors (Lipinski definition) is 1. The number of unbranched alkanes of at least 4 members (excludes halogenated alkanes) is 4. The third kappa shape index (κ3) is 5.41. The van der Waals surface area contributed by atoms with Crippen molar-refractivity contribution in [3.63, 3.8) is 0 Å². The lowest BCUT2D eigenvalue weighted by atomic mass is 10.1. The van der Waals surface area contributed by atoms with Crippen molar-refractivity contribution in [2.45, 2.75) is 71.6 Å². The minimum atomic E-state index is 1.18. The first-order chi connectivity index (χ1) is 8.79. The molecule has 0 aromatic heterocycles. The Hall–Kier alpha value is -0.530. The average Bonchev–Trinajstić information content (AvgIpc) is 2.37. The second-order valence-electron chi connectivity index (χ2n) is 5.64. The maximum absolute atomic E-state index is 2.61. The van der Waals surface area contributed by atoms with E-state index in [1.165, 1.54) is 77.4 Å². The number of hydrogen-bond donors (Lipinski definition) is 0. The highest BCUT2D eigenvalue weighted by molar-refractivity contribution is 5.77. The Bertz CT molecular complexity index is 245. The summed E-state index contributed by atoms with van der Waals surface area (Å²) in [6.45, 7) is 8.28. The van der Waals surface area contributed by atoms with Crippen LogP contribution in [0.3, 0.4) is 0 Å². The van der Waals surface area contributed by atoms with Crippen LogP contribution in [-0.4, -0.2) is 42.0 Å². The third-order valence-corrected chi connectivity index (χ3v) is 4.11. The van der Waals surface area contributed by atoms with Gasteiger partial charge in [-0.15, -0.1) is 0 Å². The minimum Gasteiger partial charge on any atom is -0.268 e. The Morgan fingerprint density at radius 3 is 2.50 bits per heavy atom. The molecule has 0 spiro atoms. The molecule has 0 bridgehead atoms. The van der Waals surface area contributed by atoms with Crippen molar-refractivity contribution < 1.29 is 4.58 Å². The highest BCUT2D eigenvalue weighted by Crippen LogP contribution is 2.11. The zero-order valence-electron chi connectivity index (χ0n) is 12.9. The van der Waals surface area contributed by atoms with Crippen molar-refractivity contribution in [3.05, 3.63) is 0 Å². The maximum atomic E-state index is 2.61. The first-order valence-corrected chi connectivity index (χ1v) is 8.11. The van der Waals surface area contributed by atoms with Gasteiger partial charge in [0.25, 0.3) is 0 Å². The summed E-state index contributed by atoms with van der Waals surface area (Å²) in [5, 5.41) is 0. The normalized spacial score (nSPS) is 21.8. The van der Waals surface area contributed by atoms with Crippen molar-refractivity contribution in [1.29, 1.82) is 0 Å². The monoisotopic (exact) mass is 253 g/mol. The summed E-state index contributed by atoms with van der Waals surface area (Å²) in [6.07, 6.45) is 12.4. The Balaban J connectivity index is 2.46. The summed E-state index contributed by atoms with van der Waals surface area (Å²) in [4.78, 5) is 2.61. The second kappa shape index (κ2) is 9.41. The van der Waals surface area contributed by atoms with E-state index in [2.05, 4.69) is 30.4 Å². The number of rotatable bonds is 7. The van der Waals surface area contributed by atoms with Crippen LogP contribution in [0, 0.1) is 0 Å². The van der Waals surface area contributed by atoms with E-state index >= 15 is 0 Å². The van der Waals surface area contributed by atoms with Gasteiger partial charge in [0.05, 0.1) is 26.7 Å². The van der Waals surface area contributed by atoms with E-state index in [4.69, 9.17) is 0 Å². The van der Waals surface area contributed by atoms with Gasteiger partial charge in [-0.1, -0.05) is 32.6 Å². The highest BCUT2D eigenvalue weighted by Gasteiger charge is 2.20. The van der Waals surface area contributed by atoms with Crippen LogP contribution in [0.15, 0.2) is 0 Å². The molecule has 0 unspecified atom stereocenters. The van der Waals surface area contributed by atoms with Gasteiger partial charge in [0, 0.05) is 6.42 Å². The van der Waals surface area contributed by atoms with E-state index in [0.717, 1.165) is 0 Å². The summed E-state index contributed by atoms with van der Waals surface area (Å²) < 4.78 is 2.52. The fourth-order valence-corrected chi connectivity index (χ4v) is 2.90. The van der Waals surface area contributed by atoms with Crippen LogP contribution >= 0.6 is 0 Å². The Morgan fingerprint density at radius 2 is 1.78 bits per heavy atom. The number of amidine groups is 1. The highest BCUT2D eigenvalue weighted by atomic mass is 15.2. The molecule has 1 rings (SSSR count). The van der Waals surface area contributed by atoms with Gasteiger partial charge < -0.3 is 0 Å². The molecule has 0 saturated carbocycles. The third-order valence-electron chi connectivity index (χ3n) is 4.11. The van der Waals surface area contributed by atoms with Gasteiger partial charge in [-0.2, -0.15) is 0 Å². The summed E-state index contributed by atoms with van der Waals surface area (Å²) in [5.41, 5.74) is 0. The van der Waals surface area contributed by atoms with Crippen LogP contribution in [0.5, 0.6) is 0 Å². The maximum Gasteiger partial charge on any atom is 0.246 e. The van der Waals surface area contributed by atoms with Gasteiger partial charge in [0.15, 0.2) is 0 Å². The molecule has 0 aliphatic carbocycles. The van der Waals surface area contributed by atoms with Crippen molar-refractivity contribution in [2.24, 2.45) is 0 Å². The van der Waals surface area contributed by atoms with Crippen LogP contribution in [0.4, 0.5) is 0 Å². The summed E-state index contributed by atoms with van der Waals surface area (Å²) >= 11 is 0. The van der Waals surface area contributed by atoms with Crippen LogP contribution in [0.2, 0.25) is 0 Å². The summed E-state index contributed by atoms with van der Waals surface area (Å²) in [5.74, 6) is 1.61. The van der Waals surface area contributed by atoms with Gasteiger partial charge in [-0.3, -0.25) is 9.48 Å². The predicted molar refractivity (Wildman–Crippen MR) is 80.5 cm³/mol. The van der Waals surface area contributed by atoms with Crippen LogP contribution < -0.4 is 0 Å². The molecule has 0 aromatic carbocycles. The first-order valence-electron chi connectivity index (χ1n) is 8.11. The molecular formula is C16H33N2+. The zero-order chi connectivity index (χ0) is 13.2. The Labute approximate surface area is 114 Å². The Kier molecular flexibility index (Phi) is 8.11. The second-order valence-corrected chi connectivity index (χ2v) is 5.64. The standard InChI is InChI=1S/C16H33N2/c1-4-6-7-8-10-13-16-17(3)14-11-9-12-15-18(16)5-2/h4-15H2,1-3H3/q+1. The Morgan fingerprint density at radius 1 is 1.00 bits per heavy atom. The van der Waals surface area contributed by atoms with Gasteiger partial charge in [-0.25, -0.2) is 0 Å². The zero-order valence-corrected chi connectivity index (χ0v) is 12.9. The molecule has 0 N–H and O–H groups in total. The molecule has 0 radical (unpaired) electrons. The van der Waals surface area contributed by atoms with E-state index < -0.39 is 0 Å². The van der Waals surface area contributed by atoms with Crippen molar-refractivity contribution >= 4 is 5.84 Å². The molecule has 106 valence electrons. The average molecular weight is 253 g/mol. The molecule has 18 heavy (non-hydrogen) atoms. The van der Waals surface area contributed by atoms with Crippen molar-refractivity contribution in [1.82, 2.24) is 4.90 Å². The molecule has 1 heterocycles. The first kappa shape index (κ1) is 15.5. The van der Waals surface area contributed by atoms with E-state index in [9.17, 15) is 0 Å². The lowest BCUT2D eigenvalue weighted by Gasteiger charge is -2.23. The van der Waals surface area contributed by atoms with Crippen molar-refractivity contribution in [3.8, 4) is 0 Å².